The van der Waals surface area contributed by atoms with Crippen LogP contribution in [0.2, 0.25) is 5.02 Å². The summed E-state index contributed by atoms with van der Waals surface area (Å²) in [6.07, 6.45) is 3.54. The quantitative estimate of drug-likeness (QED) is 0.340. The number of hydrogen-bond donors (Lipinski definition) is 2. The highest BCUT2D eigenvalue weighted by Gasteiger charge is 2.26. The molecule has 1 aromatic carbocycles. The van der Waals surface area contributed by atoms with E-state index in [1.165, 1.54) is 16.6 Å². The maximum Gasteiger partial charge on any atom is 0.321 e. The van der Waals surface area contributed by atoms with E-state index in [9.17, 15) is 14.4 Å². The molecule has 3 amide bonds. The van der Waals surface area contributed by atoms with Crippen molar-refractivity contribution in [3.8, 4) is 11.4 Å². The van der Waals surface area contributed by atoms with Gasteiger partial charge in [-0.1, -0.05) is 37.2 Å². The number of halogens is 1. The highest BCUT2D eigenvalue weighted by molar-refractivity contribution is 7.99. The van der Waals surface area contributed by atoms with Gasteiger partial charge in [-0.15, -0.1) is 11.3 Å². The third kappa shape index (κ3) is 5.49. The van der Waals surface area contributed by atoms with Gasteiger partial charge in [0, 0.05) is 16.4 Å². The SMILES string of the molecule is CCCNC(=O)NC(=O)CSc1nc2sc3c(c2c(=O)n1-c1cc(Cl)ccc1OC)CC[C@H](C)C3. The van der Waals surface area contributed by atoms with Gasteiger partial charge in [-0.2, -0.15) is 0 Å². The van der Waals surface area contributed by atoms with Crippen LogP contribution in [0.5, 0.6) is 5.75 Å². The number of aromatic nitrogens is 2. The summed E-state index contributed by atoms with van der Waals surface area (Å²) in [6.45, 7) is 4.61. The maximum atomic E-state index is 13.9. The summed E-state index contributed by atoms with van der Waals surface area (Å²) >= 11 is 8.91. The van der Waals surface area contributed by atoms with Gasteiger partial charge in [-0.05, 0) is 55.4 Å². The number of benzene rings is 1. The van der Waals surface area contributed by atoms with E-state index < -0.39 is 11.9 Å². The van der Waals surface area contributed by atoms with Gasteiger partial charge >= 0.3 is 6.03 Å². The van der Waals surface area contributed by atoms with Crippen LogP contribution in [0.3, 0.4) is 0 Å². The summed E-state index contributed by atoms with van der Waals surface area (Å²) in [5, 5.41) is 6.30. The highest BCUT2D eigenvalue weighted by Crippen LogP contribution is 2.38. The molecule has 0 aliphatic heterocycles. The average molecular weight is 535 g/mol. The Morgan fingerprint density at radius 3 is 2.91 bits per heavy atom. The van der Waals surface area contributed by atoms with Crippen LogP contribution in [0, 0.1) is 5.92 Å². The molecule has 0 fully saturated rings. The molecule has 0 saturated heterocycles. The number of methoxy groups -OCH3 is 1. The van der Waals surface area contributed by atoms with Crippen molar-refractivity contribution >= 4 is 56.9 Å². The second-order valence-electron chi connectivity index (χ2n) is 8.48. The van der Waals surface area contributed by atoms with E-state index in [0.717, 1.165) is 43.0 Å². The first-order valence-corrected chi connectivity index (χ1v) is 13.6. The van der Waals surface area contributed by atoms with Crippen molar-refractivity contribution in [2.24, 2.45) is 5.92 Å². The van der Waals surface area contributed by atoms with Crippen LogP contribution in [0.1, 0.15) is 37.1 Å². The van der Waals surface area contributed by atoms with E-state index in [1.54, 1.807) is 29.5 Å². The number of urea groups is 1. The molecule has 8 nitrogen and oxygen atoms in total. The minimum Gasteiger partial charge on any atom is -0.495 e. The van der Waals surface area contributed by atoms with Gasteiger partial charge in [-0.3, -0.25) is 19.5 Å². The van der Waals surface area contributed by atoms with Crippen molar-refractivity contribution < 1.29 is 14.3 Å². The predicted molar refractivity (Wildman–Crippen MR) is 141 cm³/mol. The number of carbonyl (C=O) groups is 2. The van der Waals surface area contributed by atoms with Crippen LogP contribution >= 0.6 is 34.7 Å². The summed E-state index contributed by atoms with van der Waals surface area (Å²) in [6, 6.07) is 4.48. The third-order valence-electron chi connectivity index (χ3n) is 5.80. The predicted octanol–water partition coefficient (Wildman–Crippen LogP) is 4.56. The van der Waals surface area contributed by atoms with Crippen LogP contribution in [0.25, 0.3) is 15.9 Å². The topological polar surface area (TPSA) is 102 Å². The number of nitrogens with one attached hydrogen (secondary N) is 2. The summed E-state index contributed by atoms with van der Waals surface area (Å²) in [7, 11) is 1.52. The molecule has 0 radical (unpaired) electrons. The lowest BCUT2D eigenvalue weighted by Crippen LogP contribution is -2.40. The molecule has 4 rings (SSSR count). The van der Waals surface area contributed by atoms with Gasteiger partial charge in [0.2, 0.25) is 5.91 Å². The number of thiophene rings is 1. The molecule has 0 bridgehead atoms. The Morgan fingerprint density at radius 2 is 2.17 bits per heavy atom. The molecule has 0 unspecified atom stereocenters. The Hall–Kier alpha value is -2.56. The first-order chi connectivity index (χ1) is 16.8. The first kappa shape index (κ1) is 25.5. The standard InChI is InChI=1S/C24H27ClN4O4S2/c1-4-9-26-23(32)27-19(30)12-34-24-28-21-20(15-7-5-13(2)10-18(15)35-21)22(31)29(24)16-11-14(25)6-8-17(16)33-3/h6,8,11,13H,4-5,7,9-10,12H2,1-3H3,(H2,26,27,30,32)/t13-/m0/s1. The first-order valence-electron chi connectivity index (χ1n) is 11.4. The molecule has 2 heterocycles. The maximum absolute atomic E-state index is 13.9. The van der Waals surface area contributed by atoms with Crippen LogP contribution in [0.4, 0.5) is 4.79 Å². The Balaban J connectivity index is 1.78. The summed E-state index contributed by atoms with van der Waals surface area (Å²) in [5.41, 5.74) is 1.30. The van der Waals surface area contributed by atoms with Crippen molar-refractivity contribution in [2.75, 3.05) is 19.4 Å². The zero-order valence-corrected chi connectivity index (χ0v) is 22.2. The van der Waals surface area contributed by atoms with Gasteiger partial charge in [0.15, 0.2) is 5.16 Å². The zero-order valence-electron chi connectivity index (χ0n) is 19.8. The lowest BCUT2D eigenvalue weighted by molar-refractivity contribution is -0.117. The van der Waals surface area contributed by atoms with Crippen LogP contribution in [-0.4, -0.2) is 40.9 Å². The highest BCUT2D eigenvalue weighted by atomic mass is 35.5. The van der Waals surface area contributed by atoms with E-state index in [-0.39, 0.29) is 11.3 Å². The van der Waals surface area contributed by atoms with E-state index in [4.69, 9.17) is 21.3 Å². The lowest BCUT2D eigenvalue weighted by atomic mass is 9.89. The molecule has 1 aliphatic carbocycles. The second kappa shape index (κ2) is 11.0. The smallest absolute Gasteiger partial charge is 0.321 e. The van der Waals surface area contributed by atoms with E-state index >= 15 is 0 Å². The van der Waals surface area contributed by atoms with Gasteiger partial charge in [0.1, 0.15) is 10.6 Å². The fourth-order valence-corrected chi connectivity index (χ4v) is 6.49. The second-order valence-corrected chi connectivity index (χ2v) is 10.9. The van der Waals surface area contributed by atoms with Crippen molar-refractivity contribution in [1.82, 2.24) is 20.2 Å². The normalized spacial score (nSPS) is 15.0. The van der Waals surface area contributed by atoms with Crippen LogP contribution in [0.15, 0.2) is 28.2 Å². The Labute approximate surface area is 216 Å². The van der Waals surface area contributed by atoms with Crippen LogP contribution in [-0.2, 0) is 17.6 Å². The number of nitrogens with zero attached hydrogens (tertiary/aromatic N) is 2. The average Bonchev–Trinajstić information content (AvgIpc) is 3.19. The molecule has 3 aromatic rings. The number of fused-ring (bicyclic) bond motifs is 3. The van der Waals surface area contributed by atoms with Crippen molar-refractivity contribution in [3.05, 3.63) is 44.0 Å². The molecule has 11 heteroatoms. The lowest BCUT2D eigenvalue weighted by Gasteiger charge is -2.18. The number of rotatable bonds is 7. The Morgan fingerprint density at radius 1 is 1.37 bits per heavy atom. The Bertz CT molecular complexity index is 1340. The summed E-state index contributed by atoms with van der Waals surface area (Å²) < 4.78 is 6.98. The molecular weight excluding hydrogens is 508 g/mol. The molecule has 1 aliphatic rings. The largest absolute Gasteiger partial charge is 0.495 e. The minimum atomic E-state index is -0.546. The molecular formula is C24H27ClN4O4S2. The number of imide groups is 1. The van der Waals surface area contributed by atoms with E-state index in [2.05, 4.69) is 17.6 Å². The number of ether oxygens (including phenoxy) is 1. The number of amides is 3. The zero-order chi connectivity index (χ0) is 25.1. The fourth-order valence-electron chi connectivity index (χ4n) is 4.09. The monoisotopic (exact) mass is 534 g/mol. The Kier molecular flexibility index (Phi) is 8.03. The molecule has 186 valence electrons. The molecule has 2 N–H and O–H groups in total. The van der Waals surface area contributed by atoms with Gasteiger partial charge in [0.05, 0.1) is 23.9 Å². The van der Waals surface area contributed by atoms with Crippen LogP contribution < -0.4 is 20.9 Å². The molecule has 0 saturated carbocycles. The summed E-state index contributed by atoms with van der Waals surface area (Å²) in [5.74, 6) is 0.437. The minimum absolute atomic E-state index is 0.0947. The van der Waals surface area contributed by atoms with Gasteiger partial charge in [0.25, 0.3) is 5.56 Å². The fraction of sp³-hybridized carbons (Fsp3) is 0.417. The molecule has 0 spiro atoms. The molecule has 2 aromatic heterocycles. The number of thioether (sulfide) groups is 1. The molecule has 35 heavy (non-hydrogen) atoms. The van der Waals surface area contributed by atoms with Crippen molar-refractivity contribution in [3.63, 3.8) is 0 Å². The third-order valence-corrected chi connectivity index (χ3v) is 8.12. The van der Waals surface area contributed by atoms with E-state index in [0.29, 0.717) is 44.3 Å². The van der Waals surface area contributed by atoms with E-state index in [1.807, 2.05) is 6.92 Å². The van der Waals surface area contributed by atoms with Gasteiger partial charge < -0.3 is 10.1 Å². The number of aryl methyl sites for hydroxylation is 1. The number of carbonyl (C=O) groups excluding carboxylic acids is 2. The molecule has 1 atom stereocenters. The van der Waals surface area contributed by atoms with Crippen molar-refractivity contribution in [1.29, 1.82) is 0 Å². The number of hydrogen-bond acceptors (Lipinski definition) is 7. The van der Waals surface area contributed by atoms with Crippen molar-refractivity contribution in [2.45, 2.75) is 44.7 Å². The summed E-state index contributed by atoms with van der Waals surface area (Å²) in [4.78, 5) is 44.9. The van der Waals surface area contributed by atoms with Gasteiger partial charge in [-0.25, -0.2) is 9.78 Å².